The van der Waals surface area contributed by atoms with E-state index in [0.29, 0.717) is 0 Å². The molecule has 0 heterocycles. The van der Waals surface area contributed by atoms with E-state index in [1.807, 2.05) is 0 Å². The van der Waals surface area contributed by atoms with Gasteiger partial charge in [0, 0.05) is 0 Å². The van der Waals surface area contributed by atoms with Crippen LogP contribution in [0.5, 0.6) is 0 Å². The van der Waals surface area contributed by atoms with E-state index < -0.39 is 53.0 Å². The van der Waals surface area contributed by atoms with E-state index in [-0.39, 0.29) is 43.8 Å². The van der Waals surface area contributed by atoms with Gasteiger partial charge in [0.15, 0.2) is 5.78 Å². The van der Waals surface area contributed by atoms with Gasteiger partial charge in [-0.25, -0.2) is 9.13 Å². The Hall–Kier alpha value is -0.550. The first-order valence-corrected chi connectivity index (χ1v) is 7.86. The number of aliphatic hydroxyl groups is 3. The van der Waals surface area contributed by atoms with Crippen LogP contribution in [0.4, 0.5) is 0 Å². The predicted octanol–water partition coefficient (Wildman–Crippen LogP) is -9.74. The maximum absolute atomic E-state index is 11.2. The van der Waals surface area contributed by atoms with Crippen LogP contribution < -0.4 is 0 Å². The fourth-order valence-corrected chi connectivity index (χ4v) is 1.55. The molecule has 0 radical (unpaired) electrons. The fourth-order valence-electron chi connectivity index (χ4n) is 0.906. The normalized spacial score (nSPS) is 12.5. The first kappa shape index (κ1) is 56.4. The molecule has 0 aromatic carbocycles. The molecule has 184 valence electrons. The zero-order chi connectivity index (χ0) is 16.1. The van der Waals surface area contributed by atoms with E-state index in [2.05, 4.69) is 9.05 Å². The van der Waals surface area contributed by atoms with Crippen molar-refractivity contribution in [3.8, 4) is 0 Å². The number of carbonyl (C=O) groups excluding carboxylic acids is 1. The summed E-state index contributed by atoms with van der Waals surface area (Å²) in [5.74, 6) is -1.36. The summed E-state index contributed by atoms with van der Waals surface area (Å²) < 4.78 is 28.2. The zero-order valence-electron chi connectivity index (χ0n) is 13.7. The topological polar surface area (TPSA) is 463 Å². The van der Waals surface area contributed by atoms with Gasteiger partial charge in [0.25, 0.3) is 0 Å². The minimum Gasteiger partial charge on any atom is -0.412 e. The van der Waals surface area contributed by atoms with Crippen LogP contribution in [0.1, 0.15) is 0 Å². The van der Waals surface area contributed by atoms with Crippen LogP contribution in [0.15, 0.2) is 0 Å². The number of hydrogen-bond donors (Lipinski definition) is 7. The molecule has 0 amide bonds. The average molecular weight is 484 g/mol. The van der Waals surface area contributed by atoms with Crippen LogP contribution >= 0.6 is 15.6 Å². The highest BCUT2D eigenvalue weighted by Gasteiger charge is 2.32. The first-order valence-electron chi connectivity index (χ1n) is 4.80. The quantitative estimate of drug-likeness (QED) is 0.150. The van der Waals surface area contributed by atoms with E-state index in [9.17, 15) is 29.2 Å². The van der Waals surface area contributed by atoms with Gasteiger partial charge in [-0.1, -0.05) is 0 Å². The van der Waals surface area contributed by atoms with Gasteiger partial charge < -0.3 is 78.7 Å². The second-order valence-corrected chi connectivity index (χ2v) is 6.00. The van der Waals surface area contributed by atoms with Crippen molar-refractivity contribution in [2.75, 3.05) is 13.2 Å². The van der Waals surface area contributed by atoms with Crippen molar-refractivity contribution >= 4 is 21.4 Å². The Bertz CT molecular complexity index is 415. The maximum Gasteiger partial charge on any atom is 0.470 e. The molecule has 0 bridgehead atoms. The molecule has 0 aliphatic heterocycles. The van der Waals surface area contributed by atoms with Gasteiger partial charge in [-0.2, -0.15) is 0 Å². The monoisotopic (exact) mass is 484 g/mol. The third-order valence-corrected chi connectivity index (χ3v) is 2.79. The molecule has 0 fully saturated rings. The number of phosphoric acid groups is 2. The third-order valence-electron chi connectivity index (χ3n) is 1.84. The second kappa shape index (κ2) is 22.7. The second-order valence-electron chi connectivity index (χ2n) is 3.52. The van der Waals surface area contributed by atoms with Gasteiger partial charge in [0.1, 0.15) is 24.9 Å². The van der Waals surface area contributed by atoms with Crippen molar-refractivity contribution in [1.82, 2.24) is 0 Å². The lowest BCUT2D eigenvalue weighted by Gasteiger charge is -2.22. The molecule has 0 rings (SSSR count). The van der Waals surface area contributed by atoms with E-state index in [0.717, 1.165) is 0 Å². The molecule has 28 heavy (non-hydrogen) atoms. The van der Waals surface area contributed by atoms with Gasteiger partial charge in [0.2, 0.25) is 0 Å². The van der Waals surface area contributed by atoms with E-state index >= 15 is 0 Å². The molecule has 0 aromatic rings. The van der Waals surface area contributed by atoms with Crippen LogP contribution in [0.2, 0.25) is 0 Å². The van der Waals surface area contributed by atoms with Crippen molar-refractivity contribution < 1.29 is 102 Å². The van der Waals surface area contributed by atoms with E-state index in [1.165, 1.54) is 0 Å². The largest absolute Gasteiger partial charge is 0.470 e. The Kier molecular flexibility index (Phi) is 45.8. The Morgan fingerprint density at radius 3 is 1.32 bits per heavy atom. The predicted molar refractivity (Wildman–Crippen MR) is 87.9 cm³/mol. The van der Waals surface area contributed by atoms with E-state index in [1.54, 1.807) is 0 Å². The third kappa shape index (κ3) is 27.7. The highest BCUT2D eigenvalue weighted by atomic mass is 31.2. The molecule has 22 heteroatoms. The summed E-state index contributed by atoms with van der Waals surface area (Å²) in [6, 6.07) is 0. The summed E-state index contributed by atoms with van der Waals surface area (Å²) in [7, 11) is -9.87. The molecule has 3 atom stereocenters. The Morgan fingerprint density at radius 2 is 1.04 bits per heavy atom. The molecule has 0 unspecified atom stereocenters. The molecule has 0 aliphatic carbocycles. The van der Waals surface area contributed by atoms with E-state index in [4.69, 9.17) is 19.6 Å². The zero-order valence-corrected chi connectivity index (χ0v) is 15.5. The number of aliphatic hydroxyl groups excluding tert-OH is 3. The number of Topliss-reactive ketones (excluding diaryl/α,β-unsaturated/α-hetero) is 1. The van der Waals surface area contributed by atoms with Gasteiger partial charge in [-0.05, 0) is 0 Å². The molecule has 0 aromatic heterocycles. The van der Waals surface area contributed by atoms with Crippen LogP contribution in [0.3, 0.4) is 0 Å². The van der Waals surface area contributed by atoms with Gasteiger partial charge in [-0.15, -0.1) is 0 Å². The van der Waals surface area contributed by atoms with Gasteiger partial charge >= 0.3 is 15.6 Å². The Labute approximate surface area is 155 Å². The van der Waals surface area contributed by atoms with Crippen molar-refractivity contribution in [3.05, 3.63) is 0 Å². The van der Waals surface area contributed by atoms with Crippen molar-refractivity contribution in [2.24, 2.45) is 0 Å². The first-order chi connectivity index (χ1) is 8.83. The smallest absolute Gasteiger partial charge is 0.412 e. The highest BCUT2D eigenvalue weighted by molar-refractivity contribution is 7.46. The molecule has 20 nitrogen and oxygen atoms in total. The van der Waals surface area contributed by atoms with Crippen molar-refractivity contribution in [2.45, 2.75) is 18.3 Å². The number of carbonyl (C=O) groups is 1. The lowest BCUT2D eigenvalue weighted by Crippen LogP contribution is -2.45. The average Bonchev–Trinajstić information content (AvgIpc) is 2.29. The SMILES string of the molecule is O.O.O.O.O.O.O.O.O=C(COP(=O)(O)O)[C@@H](O)[C@H](O)[C@H](O)COP(=O)(O)O. The number of ketones is 1. The van der Waals surface area contributed by atoms with Crippen molar-refractivity contribution in [3.63, 3.8) is 0 Å². The lowest BCUT2D eigenvalue weighted by molar-refractivity contribution is -0.142. The Morgan fingerprint density at radius 1 is 0.714 bits per heavy atom. The van der Waals surface area contributed by atoms with Crippen LogP contribution in [-0.2, 0) is 23.0 Å². The summed E-state index contributed by atoms with van der Waals surface area (Å²) in [6.45, 7) is -2.33. The number of rotatable bonds is 9. The number of hydrogen-bond acceptors (Lipinski definition) is 8. The molecule has 0 aliphatic rings. The van der Waals surface area contributed by atoms with Crippen molar-refractivity contribution in [1.29, 1.82) is 0 Å². The minimum absolute atomic E-state index is 0. The molecule has 0 saturated heterocycles. The maximum atomic E-state index is 11.2. The molecular formula is C6H30O20P2. The lowest BCUT2D eigenvalue weighted by atomic mass is 10.1. The molecule has 0 saturated carbocycles. The molecule has 23 N–H and O–H groups in total. The molecule has 0 spiro atoms. The Balaban J connectivity index is -0.0000000645. The minimum atomic E-state index is -4.95. The summed E-state index contributed by atoms with van der Waals surface area (Å²) in [5, 5.41) is 27.7. The van der Waals surface area contributed by atoms with Crippen LogP contribution in [0.25, 0.3) is 0 Å². The fraction of sp³-hybridized carbons (Fsp3) is 0.833. The summed E-state index contributed by atoms with van der Waals surface area (Å²) in [6.07, 6.45) is -6.53. The molecular weight excluding hydrogens is 454 g/mol. The summed E-state index contributed by atoms with van der Waals surface area (Å²) in [4.78, 5) is 44.4. The standard InChI is InChI=1S/C6H14O12P2.8H2O/c7-3(1-17-19(11,12)13)5(9)6(10)4(8)2-18-20(14,15)16;;;;;;;;/h3,5-7,9-10H,1-2H2,(H2,11,12,13)(H2,14,15,16);8*1H2/t3-,5-,6-;;;;;;;;/m1......../s1. The summed E-state index contributed by atoms with van der Waals surface area (Å²) >= 11 is 0. The van der Waals surface area contributed by atoms with Gasteiger partial charge in [-0.3, -0.25) is 13.8 Å². The van der Waals surface area contributed by atoms with Crippen LogP contribution in [-0.4, -0.2) is 116 Å². The highest BCUT2D eigenvalue weighted by Crippen LogP contribution is 2.36. The van der Waals surface area contributed by atoms with Gasteiger partial charge in [0.05, 0.1) is 6.61 Å². The summed E-state index contributed by atoms with van der Waals surface area (Å²) in [5.41, 5.74) is 0. The van der Waals surface area contributed by atoms with Crippen LogP contribution in [0, 0.1) is 0 Å². The number of phosphoric ester groups is 2.